The molecule has 0 saturated carbocycles. The van der Waals surface area contributed by atoms with Crippen molar-refractivity contribution in [2.24, 2.45) is 43.2 Å². The van der Waals surface area contributed by atoms with Crippen molar-refractivity contribution >= 4 is 6.21 Å². The van der Waals surface area contributed by atoms with Crippen LogP contribution >= 0.6 is 0 Å². The fraction of sp³-hybridized carbons (Fsp3) is 0.966. The summed E-state index contributed by atoms with van der Waals surface area (Å²) in [5.74, 6) is 0. The lowest BCUT2D eigenvalue weighted by Gasteiger charge is -2.53. The molecule has 192 valence electrons. The van der Waals surface area contributed by atoms with Gasteiger partial charge in [0.15, 0.2) is 0 Å². The summed E-state index contributed by atoms with van der Waals surface area (Å²) < 4.78 is 0. The van der Waals surface area contributed by atoms with E-state index in [0.717, 1.165) is 25.7 Å². The van der Waals surface area contributed by atoms with Crippen LogP contribution in [0.5, 0.6) is 0 Å². The van der Waals surface area contributed by atoms with Crippen LogP contribution in [0.4, 0.5) is 0 Å². The summed E-state index contributed by atoms with van der Waals surface area (Å²) in [6, 6.07) is 0.284. The molecule has 0 aromatic carbocycles. The smallest absolute Gasteiger partial charge is 0.0601 e. The Morgan fingerprint density at radius 2 is 1.16 bits per heavy atom. The molecule has 0 spiro atoms. The van der Waals surface area contributed by atoms with E-state index in [1.807, 2.05) is 0 Å². The molecular formula is C29H60N2O. The SMILES string of the molecule is CCC=NC(CC(C)(C)C(C)(C)C(N)CC(C)(C)C(C)(C)C(O)CC(C)(C)C)C(C)(C)C. The number of hydrogen-bond donors (Lipinski definition) is 2. The van der Waals surface area contributed by atoms with Crippen molar-refractivity contribution in [3.63, 3.8) is 0 Å². The second kappa shape index (κ2) is 10.5. The van der Waals surface area contributed by atoms with E-state index in [2.05, 4.69) is 110 Å². The normalized spacial score (nSPS) is 18.2. The van der Waals surface area contributed by atoms with Gasteiger partial charge in [-0.05, 0) is 64.4 Å². The van der Waals surface area contributed by atoms with Crippen LogP contribution in [0, 0.1) is 32.5 Å². The Morgan fingerprint density at radius 1 is 0.719 bits per heavy atom. The van der Waals surface area contributed by atoms with Crippen LogP contribution in [0.1, 0.15) is 130 Å². The zero-order valence-electron chi connectivity index (χ0n) is 24.6. The lowest BCUT2D eigenvalue weighted by Crippen LogP contribution is -2.53. The Kier molecular flexibility index (Phi) is 10.3. The summed E-state index contributed by atoms with van der Waals surface area (Å²) in [6.07, 6.45) is 5.34. The summed E-state index contributed by atoms with van der Waals surface area (Å²) in [4.78, 5) is 4.94. The predicted octanol–water partition coefficient (Wildman–Crippen LogP) is 7.89. The minimum atomic E-state index is -0.366. The highest BCUT2D eigenvalue weighted by molar-refractivity contribution is 5.56. The van der Waals surface area contributed by atoms with Crippen molar-refractivity contribution in [1.82, 2.24) is 0 Å². The molecule has 0 bridgehead atoms. The third kappa shape index (κ3) is 8.12. The van der Waals surface area contributed by atoms with Crippen molar-refractivity contribution in [1.29, 1.82) is 0 Å². The molecule has 0 saturated heterocycles. The average molecular weight is 453 g/mol. The molecule has 3 N–H and O–H groups in total. The number of aliphatic hydroxyl groups is 1. The zero-order valence-corrected chi connectivity index (χ0v) is 24.6. The second-order valence-corrected chi connectivity index (χ2v) is 15.1. The van der Waals surface area contributed by atoms with E-state index in [0.29, 0.717) is 0 Å². The number of hydrogen-bond acceptors (Lipinski definition) is 3. The molecule has 3 heteroatoms. The Hall–Kier alpha value is -0.410. The van der Waals surface area contributed by atoms with Gasteiger partial charge in [0.05, 0.1) is 12.1 Å². The Labute approximate surface area is 202 Å². The summed E-state index contributed by atoms with van der Waals surface area (Å²) >= 11 is 0. The summed E-state index contributed by atoms with van der Waals surface area (Å²) in [6.45, 7) is 34.0. The van der Waals surface area contributed by atoms with Gasteiger partial charge in [0.1, 0.15) is 0 Å². The second-order valence-electron chi connectivity index (χ2n) is 15.1. The topological polar surface area (TPSA) is 58.6 Å². The fourth-order valence-electron chi connectivity index (χ4n) is 4.42. The highest BCUT2D eigenvalue weighted by Gasteiger charge is 2.49. The van der Waals surface area contributed by atoms with Gasteiger partial charge in [-0.2, -0.15) is 0 Å². The van der Waals surface area contributed by atoms with Gasteiger partial charge in [-0.15, -0.1) is 0 Å². The van der Waals surface area contributed by atoms with E-state index >= 15 is 0 Å². The van der Waals surface area contributed by atoms with Gasteiger partial charge >= 0.3 is 0 Å². The first-order chi connectivity index (χ1) is 13.9. The molecule has 0 fully saturated rings. The molecule has 3 nitrogen and oxygen atoms in total. The van der Waals surface area contributed by atoms with Crippen molar-refractivity contribution in [3.8, 4) is 0 Å². The molecular weight excluding hydrogens is 392 g/mol. The van der Waals surface area contributed by atoms with E-state index in [-0.39, 0.29) is 50.7 Å². The largest absolute Gasteiger partial charge is 0.393 e. The standard InChI is InChI=1S/C29H60N2O/c1-16-17-31-22(25(5,6)7)19-27(10,11)28(12,13)21(30)18-26(8,9)29(14,15)23(32)20-24(2,3)4/h17,21-23,32H,16,18-20,30H2,1-15H3. The van der Waals surface area contributed by atoms with Crippen LogP contribution in [0.15, 0.2) is 4.99 Å². The summed E-state index contributed by atoms with van der Waals surface area (Å²) in [7, 11) is 0. The first-order valence-electron chi connectivity index (χ1n) is 12.9. The number of nitrogens with zero attached hydrogens (tertiary/aromatic N) is 1. The third-order valence-electron chi connectivity index (χ3n) is 8.96. The van der Waals surface area contributed by atoms with Gasteiger partial charge in [0.2, 0.25) is 0 Å². The molecule has 3 unspecified atom stereocenters. The number of aliphatic imine (C=N–C) groups is 1. The highest BCUT2D eigenvalue weighted by Crippen LogP contribution is 2.52. The van der Waals surface area contributed by atoms with E-state index < -0.39 is 0 Å². The van der Waals surface area contributed by atoms with E-state index in [1.165, 1.54) is 0 Å². The number of rotatable bonds is 11. The predicted molar refractivity (Wildman–Crippen MR) is 144 cm³/mol. The van der Waals surface area contributed by atoms with E-state index in [4.69, 9.17) is 10.7 Å². The minimum Gasteiger partial charge on any atom is -0.393 e. The quantitative estimate of drug-likeness (QED) is 0.313. The lowest BCUT2D eigenvalue weighted by molar-refractivity contribution is -0.0713. The first-order valence-corrected chi connectivity index (χ1v) is 12.9. The molecule has 0 heterocycles. The molecule has 32 heavy (non-hydrogen) atoms. The minimum absolute atomic E-state index is 0.0136. The lowest BCUT2D eigenvalue weighted by atomic mass is 9.54. The summed E-state index contributed by atoms with van der Waals surface area (Å²) in [5.41, 5.74) is 6.81. The van der Waals surface area contributed by atoms with Crippen molar-refractivity contribution in [3.05, 3.63) is 0 Å². The molecule has 0 rings (SSSR count). The Balaban J connectivity index is 5.76. The molecule has 3 atom stereocenters. The van der Waals surface area contributed by atoms with Crippen LogP contribution in [-0.4, -0.2) is 29.5 Å². The maximum atomic E-state index is 11.2. The molecule has 0 aromatic heterocycles. The van der Waals surface area contributed by atoms with Crippen LogP contribution < -0.4 is 5.73 Å². The third-order valence-corrected chi connectivity index (χ3v) is 8.96. The maximum absolute atomic E-state index is 11.2. The van der Waals surface area contributed by atoms with Gasteiger partial charge in [0.25, 0.3) is 0 Å². The Bertz CT molecular complexity index is 600. The molecule has 0 aliphatic heterocycles. The first kappa shape index (κ1) is 31.6. The molecule has 0 radical (unpaired) electrons. The van der Waals surface area contributed by atoms with Crippen LogP contribution in [0.25, 0.3) is 0 Å². The molecule has 0 aliphatic carbocycles. The van der Waals surface area contributed by atoms with Crippen molar-refractivity contribution < 1.29 is 5.11 Å². The van der Waals surface area contributed by atoms with Crippen LogP contribution in [0.3, 0.4) is 0 Å². The monoisotopic (exact) mass is 452 g/mol. The molecule has 0 aliphatic rings. The summed E-state index contributed by atoms with van der Waals surface area (Å²) in [5, 5.41) is 11.2. The molecule has 0 amide bonds. The van der Waals surface area contributed by atoms with Gasteiger partial charge in [-0.1, -0.05) is 104 Å². The van der Waals surface area contributed by atoms with E-state index in [1.54, 1.807) is 0 Å². The average Bonchev–Trinajstić information content (AvgIpc) is 2.55. The fourth-order valence-corrected chi connectivity index (χ4v) is 4.42. The van der Waals surface area contributed by atoms with Crippen LogP contribution in [0.2, 0.25) is 0 Å². The van der Waals surface area contributed by atoms with E-state index in [9.17, 15) is 5.11 Å². The van der Waals surface area contributed by atoms with Gasteiger partial charge in [-0.25, -0.2) is 0 Å². The van der Waals surface area contributed by atoms with Gasteiger partial charge < -0.3 is 10.8 Å². The van der Waals surface area contributed by atoms with Gasteiger partial charge in [0, 0.05) is 6.04 Å². The zero-order chi connectivity index (χ0) is 26.0. The van der Waals surface area contributed by atoms with Crippen LogP contribution in [-0.2, 0) is 0 Å². The number of aliphatic hydroxyl groups excluding tert-OH is 1. The maximum Gasteiger partial charge on any atom is 0.0601 e. The van der Waals surface area contributed by atoms with Crippen molar-refractivity contribution in [2.45, 2.75) is 148 Å². The highest BCUT2D eigenvalue weighted by atomic mass is 16.3. The molecule has 0 aromatic rings. The number of nitrogens with two attached hydrogens (primary N) is 1. The van der Waals surface area contributed by atoms with Gasteiger partial charge in [-0.3, -0.25) is 4.99 Å². The van der Waals surface area contributed by atoms with Crippen molar-refractivity contribution in [2.75, 3.05) is 0 Å². The Morgan fingerprint density at radius 3 is 1.53 bits per heavy atom.